The second-order valence-electron chi connectivity index (χ2n) is 4.54. The highest BCUT2D eigenvalue weighted by Gasteiger charge is 2.00. The molecule has 2 N–H and O–H groups in total. The van der Waals surface area contributed by atoms with Gasteiger partial charge in [0.15, 0.2) is 0 Å². The van der Waals surface area contributed by atoms with Gasteiger partial charge in [-0.25, -0.2) is 0 Å². The number of hydrogen-bond acceptors (Lipinski definition) is 2. The largest absolute Gasteiger partial charge is 0.508 e. The van der Waals surface area contributed by atoms with Crippen LogP contribution < -0.4 is 5.32 Å². The highest BCUT2D eigenvalue weighted by atomic mass is 16.3. The van der Waals surface area contributed by atoms with Crippen LogP contribution in [0.15, 0.2) is 66.7 Å². The summed E-state index contributed by atoms with van der Waals surface area (Å²) in [5.41, 5.74) is 2.27. The Hall–Kier alpha value is -2.48. The molecule has 0 aliphatic heterocycles. The van der Waals surface area contributed by atoms with Crippen molar-refractivity contribution in [1.29, 1.82) is 0 Å². The molecule has 2 heteroatoms. The van der Waals surface area contributed by atoms with Gasteiger partial charge in [-0.1, -0.05) is 42.5 Å². The lowest BCUT2D eigenvalue weighted by molar-refractivity contribution is 0.475. The van der Waals surface area contributed by atoms with Gasteiger partial charge in [0.1, 0.15) is 5.75 Å². The second-order valence-corrected chi connectivity index (χ2v) is 4.54. The number of benzene rings is 3. The summed E-state index contributed by atoms with van der Waals surface area (Å²) in [6, 6.07) is 21.8. The highest BCUT2D eigenvalue weighted by molar-refractivity contribution is 5.85. The molecule has 0 fully saturated rings. The van der Waals surface area contributed by atoms with Crippen LogP contribution in [0.1, 0.15) is 5.56 Å². The van der Waals surface area contributed by atoms with Gasteiger partial charge in [-0.05, 0) is 40.6 Å². The van der Waals surface area contributed by atoms with Gasteiger partial charge in [0.25, 0.3) is 0 Å². The zero-order valence-corrected chi connectivity index (χ0v) is 10.5. The summed E-state index contributed by atoms with van der Waals surface area (Å²) in [6.45, 7) is 0.770. The number of aromatic hydroxyl groups is 1. The molecule has 0 aromatic heterocycles. The average Bonchev–Trinajstić information content (AvgIpc) is 2.47. The number of phenols is 1. The normalized spacial score (nSPS) is 10.5. The van der Waals surface area contributed by atoms with Crippen LogP contribution in [-0.2, 0) is 6.54 Å². The van der Waals surface area contributed by atoms with Crippen molar-refractivity contribution in [1.82, 2.24) is 0 Å². The lowest BCUT2D eigenvalue weighted by Gasteiger charge is -2.09. The first-order valence-corrected chi connectivity index (χ1v) is 6.32. The molecule has 0 atom stereocenters. The summed E-state index contributed by atoms with van der Waals surface area (Å²) in [5.74, 6) is 0.288. The summed E-state index contributed by atoms with van der Waals surface area (Å²) in [6.07, 6.45) is 0. The Balaban J connectivity index is 1.84. The Morgan fingerprint density at radius 2 is 1.53 bits per heavy atom. The van der Waals surface area contributed by atoms with Crippen LogP contribution in [0.25, 0.3) is 10.8 Å². The topological polar surface area (TPSA) is 32.3 Å². The Bertz CT molecular complexity index is 684. The zero-order valence-electron chi connectivity index (χ0n) is 10.5. The van der Waals surface area contributed by atoms with Gasteiger partial charge >= 0.3 is 0 Å². The summed E-state index contributed by atoms with van der Waals surface area (Å²) in [4.78, 5) is 0. The fourth-order valence-electron chi connectivity index (χ4n) is 2.22. The standard InChI is InChI=1S/C17H15NO/c19-16-10-8-15(9-11-16)18-12-14-6-3-5-13-4-1-2-7-17(13)14/h1-11,18-19H,12H2. The van der Waals surface area contributed by atoms with Crippen molar-refractivity contribution in [3.63, 3.8) is 0 Å². The van der Waals surface area contributed by atoms with Crippen molar-refractivity contribution in [2.45, 2.75) is 6.54 Å². The van der Waals surface area contributed by atoms with E-state index < -0.39 is 0 Å². The lowest BCUT2D eigenvalue weighted by atomic mass is 10.0. The molecule has 3 aromatic carbocycles. The molecule has 0 heterocycles. The Kier molecular flexibility index (Phi) is 3.07. The molecule has 0 aliphatic rings. The predicted octanol–water partition coefficient (Wildman–Crippen LogP) is 4.16. The smallest absolute Gasteiger partial charge is 0.115 e. The predicted molar refractivity (Wildman–Crippen MR) is 79.4 cm³/mol. The van der Waals surface area contributed by atoms with E-state index >= 15 is 0 Å². The van der Waals surface area contributed by atoms with Gasteiger partial charge in [0.05, 0.1) is 0 Å². The van der Waals surface area contributed by atoms with Crippen molar-refractivity contribution >= 4 is 16.5 Å². The zero-order chi connectivity index (χ0) is 13.1. The Labute approximate surface area is 112 Å². The maximum Gasteiger partial charge on any atom is 0.115 e. The van der Waals surface area contributed by atoms with Crippen LogP contribution in [0, 0.1) is 0 Å². The number of rotatable bonds is 3. The minimum atomic E-state index is 0.288. The second kappa shape index (κ2) is 5.02. The third-order valence-electron chi connectivity index (χ3n) is 3.23. The van der Waals surface area contributed by atoms with E-state index in [0.717, 1.165) is 12.2 Å². The van der Waals surface area contributed by atoms with E-state index in [-0.39, 0.29) is 5.75 Å². The Morgan fingerprint density at radius 3 is 2.37 bits per heavy atom. The number of anilines is 1. The van der Waals surface area contributed by atoms with Crippen LogP contribution in [-0.4, -0.2) is 5.11 Å². The molecule has 0 saturated heterocycles. The maximum absolute atomic E-state index is 9.26. The third kappa shape index (κ3) is 2.52. The number of phenolic OH excluding ortho intramolecular Hbond substituents is 1. The highest BCUT2D eigenvalue weighted by Crippen LogP contribution is 2.20. The van der Waals surface area contributed by atoms with Gasteiger partial charge in [-0.15, -0.1) is 0 Å². The van der Waals surface area contributed by atoms with E-state index in [2.05, 4.69) is 47.8 Å². The number of fused-ring (bicyclic) bond motifs is 1. The van der Waals surface area contributed by atoms with Crippen molar-refractivity contribution < 1.29 is 5.11 Å². The molecule has 3 aromatic rings. The van der Waals surface area contributed by atoms with E-state index in [0.29, 0.717) is 0 Å². The molecular formula is C17H15NO. The molecule has 2 nitrogen and oxygen atoms in total. The molecule has 0 spiro atoms. The minimum absolute atomic E-state index is 0.288. The van der Waals surface area contributed by atoms with Crippen LogP contribution in [0.4, 0.5) is 5.69 Å². The molecule has 3 rings (SSSR count). The fourth-order valence-corrected chi connectivity index (χ4v) is 2.22. The first-order chi connectivity index (χ1) is 9.33. The van der Waals surface area contributed by atoms with E-state index in [1.807, 2.05) is 12.1 Å². The first kappa shape index (κ1) is 11.6. The van der Waals surface area contributed by atoms with Gasteiger partial charge in [0, 0.05) is 12.2 Å². The summed E-state index contributed by atoms with van der Waals surface area (Å²) in [7, 11) is 0. The van der Waals surface area contributed by atoms with E-state index in [1.165, 1.54) is 16.3 Å². The van der Waals surface area contributed by atoms with Gasteiger partial charge in [-0.3, -0.25) is 0 Å². The molecule has 94 valence electrons. The average molecular weight is 249 g/mol. The van der Waals surface area contributed by atoms with Crippen molar-refractivity contribution in [2.75, 3.05) is 5.32 Å². The molecule has 19 heavy (non-hydrogen) atoms. The fraction of sp³-hybridized carbons (Fsp3) is 0.0588. The van der Waals surface area contributed by atoms with Crippen molar-refractivity contribution in [3.05, 3.63) is 72.3 Å². The molecule has 0 radical (unpaired) electrons. The summed E-state index contributed by atoms with van der Waals surface area (Å²) in [5, 5.41) is 15.2. The lowest BCUT2D eigenvalue weighted by Crippen LogP contribution is -1.99. The Morgan fingerprint density at radius 1 is 0.789 bits per heavy atom. The SMILES string of the molecule is Oc1ccc(NCc2cccc3ccccc23)cc1. The molecule has 0 amide bonds. The minimum Gasteiger partial charge on any atom is -0.508 e. The molecule has 0 bridgehead atoms. The molecule has 0 unspecified atom stereocenters. The monoisotopic (exact) mass is 249 g/mol. The quantitative estimate of drug-likeness (QED) is 0.683. The summed E-state index contributed by atoms with van der Waals surface area (Å²) >= 11 is 0. The van der Waals surface area contributed by atoms with E-state index in [9.17, 15) is 5.11 Å². The van der Waals surface area contributed by atoms with Crippen molar-refractivity contribution in [3.8, 4) is 5.75 Å². The van der Waals surface area contributed by atoms with E-state index in [1.54, 1.807) is 12.1 Å². The van der Waals surface area contributed by atoms with Crippen molar-refractivity contribution in [2.24, 2.45) is 0 Å². The first-order valence-electron chi connectivity index (χ1n) is 6.32. The van der Waals surface area contributed by atoms with Gasteiger partial charge in [-0.2, -0.15) is 0 Å². The van der Waals surface area contributed by atoms with Crippen LogP contribution in [0.3, 0.4) is 0 Å². The van der Waals surface area contributed by atoms with E-state index in [4.69, 9.17) is 0 Å². The number of nitrogens with one attached hydrogen (secondary N) is 1. The third-order valence-corrected chi connectivity index (χ3v) is 3.23. The van der Waals surface area contributed by atoms with Crippen LogP contribution >= 0.6 is 0 Å². The molecular weight excluding hydrogens is 234 g/mol. The van der Waals surface area contributed by atoms with Gasteiger partial charge in [0.2, 0.25) is 0 Å². The summed E-state index contributed by atoms with van der Waals surface area (Å²) < 4.78 is 0. The van der Waals surface area contributed by atoms with Crippen LogP contribution in [0.2, 0.25) is 0 Å². The van der Waals surface area contributed by atoms with Crippen LogP contribution in [0.5, 0.6) is 5.75 Å². The maximum atomic E-state index is 9.26. The molecule has 0 aliphatic carbocycles. The number of hydrogen-bond donors (Lipinski definition) is 2. The molecule has 0 saturated carbocycles. The van der Waals surface area contributed by atoms with Gasteiger partial charge < -0.3 is 10.4 Å².